The lowest BCUT2D eigenvalue weighted by Gasteiger charge is -2.08. The maximum atomic E-state index is 5.81. The van der Waals surface area contributed by atoms with E-state index in [-0.39, 0.29) is 0 Å². The number of rotatable bonds is 4. The summed E-state index contributed by atoms with van der Waals surface area (Å²) in [6.07, 6.45) is 1.65. The van der Waals surface area contributed by atoms with Crippen LogP contribution in [0.4, 0.5) is 0 Å². The molecule has 1 heterocycles. The molecule has 2 rings (SSSR count). The van der Waals surface area contributed by atoms with Crippen LogP contribution in [0.3, 0.4) is 0 Å². The Kier molecular flexibility index (Phi) is 3.32. The van der Waals surface area contributed by atoms with Gasteiger partial charge < -0.3 is 9.73 Å². The molecule has 0 saturated carbocycles. The molecule has 2 nitrogen and oxygen atoms in total. The number of benzene rings is 1. The summed E-state index contributed by atoms with van der Waals surface area (Å²) in [7, 11) is 0. The largest absolute Gasteiger partial charge is 0.467 e. The fourth-order valence-electron chi connectivity index (χ4n) is 1.36. The number of hydrogen-bond acceptors (Lipinski definition) is 2. The lowest BCUT2D eigenvalue weighted by atomic mass is 10.2. The van der Waals surface area contributed by atoms with Gasteiger partial charge in [0.15, 0.2) is 0 Å². The van der Waals surface area contributed by atoms with Gasteiger partial charge in [0.25, 0.3) is 0 Å². The molecular formula is C13H12ClNO. The standard InChI is InChI=1S/C13H12ClNO/c1-10(11-4-6-12(14)7-5-11)15-9-13-3-2-8-16-13/h2-8,15H,1,9H2. The summed E-state index contributed by atoms with van der Waals surface area (Å²) in [5, 5.41) is 3.91. The topological polar surface area (TPSA) is 25.2 Å². The second-order valence-corrected chi connectivity index (χ2v) is 3.85. The van der Waals surface area contributed by atoms with E-state index in [1.165, 1.54) is 0 Å². The Balaban J connectivity index is 1.95. The fourth-order valence-corrected chi connectivity index (χ4v) is 1.49. The van der Waals surface area contributed by atoms with Crippen molar-refractivity contribution in [3.63, 3.8) is 0 Å². The Bertz CT molecular complexity index is 459. The van der Waals surface area contributed by atoms with Crippen molar-refractivity contribution in [2.45, 2.75) is 6.54 Å². The molecule has 82 valence electrons. The summed E-state index contributed by atoms with van der Waals surface area (Å²) in [6, 6.07) is 11.3. The summed E-state index contributed by atoms with van der Waals surface area (Å²) in [5.41, 5.74) is 1.88. The Morgan fingerprint density at radius 3 is 2.62 bits per heavy atom. The van der Waals surface area contributed by atoms with Crippen LogP contribution >= 0.6 is 11.6 Å². The molecule has 0 unspecified atom stereocenters. The molecule has 1 aromatic heterocycles. The van der Waals surface area contributed by atoms with Gasteiger partial charge in [-0.3, -0.25) is 0 Å². The summed E-state index contributed by atoms with van der Waals surface area (Å²) < 4.78 is 5.21. The van der Waals surface area contributed by atoms with Crippen molar-refractivity contribution in [1.82, 2.24) is 5.32 Å². The smallest absolute Gasteiger partial charge is 0.122 e. The molecule has 0 aliphatic rings. The molecule has 0 atom stereocenters. The first-order valence-electron chi connectivity index (χ1n) is 4.97. The van der Waals surface area contributed by atoms with Gasteiger partial charge in [-0.1, -0.05) is 30.3 Å². The van der Waals surface area contributed by atoms with E-state index < -0.39 is 0 Å². The highest BCUT2D eigenvalue weighted by Gasteiger charge is 1.99. The minimum absolute atomic E-state index is 0.633. The van der Waals surface area contributed by atoms with Gasteiger partial charge in [0.2, 0.25) is 0 Å². The molecule has 0 radical (unpaired) electrons. The monoisotopic (exact) mass is 233 g/mol. The predicted molar refractivity (Wildman–Crippen MR) is 66.0 cm³/mol. The molecule has 0 spiro atoms. The molecule has 0 fully saturated rings. The normalized spacial score (nSPS) is 10.1. The van der Waals surface area contributed by atoms with Crippen LogP contribution in [0.2, 0.25) is 5.02 Å². The average molecular weight is 234 g/mol. The summed E-state index contributed by atoms with van der Waals surface area (Å²) in [4.78, 5) is 0. The van der Waals surface area contributed by atoms with Gasteiger partial charge in [0.1, 0.15) is 5.76 Å². The molecule has 3 heteroatoms. The zero-order valence-electron chi connectivity index (χ0n) is 8.74. The minimum Gasteiger partial charge on any atom is -0.467 e. The lowest BCUT2D eigenvalue weighted by Crippen LogP contribution is -2.10. The molecule has 1 N–H and O–H groups in total. The van der Waals surface area contributed by atoms with Crippen LogP contribution in [0.1, 0.15) is 11.3 Å². The third-order valence-electron chi connectivity index (χ3n) is 2.25. The molecule has 0 bridgehead atoms. The van der Waals surface area contributed by atoms with E-state index in [1.54, 1.807) is 6.26 Å². The van der Waals surface area contributed by atoms with Gasteiger partial charge in [0, 0.05) is 10.7 Å². The van der Waals surface area contributed by atoms with E-state index in [9.17, 15) is 0 Å². The maximum Gasteiger partial charge on any atom is 0.122 e. The van der Waals surface area contributed by atoms with E-state index in [0.29, 0.717) is 6.54 Å². The van der Waals surface area contributed by atoms with Crippen molar-refractivity contribution >= 4 is 17.3 Å². The SMILES string of the molecule is C=C(NCc1ccco1)c1ccc(Cl)cc1. The third-order valence-corrected chi connectivity index (χ3v) is 2.50. The fraction of sp³-hybridized carbons (Fsp3) is 0.0769. The van der Waals surface area contributed by atoms with E-state index >= 15 is 0 Å². The van der Waals surface area contributed by atoms with Gasteiger partial charge in [-0.2, -0.15) is 0 Å². The second-order valence-electron chi connectivity index (χ2n) is 3.42. The molecule has 16 heavy (non-hydrogen) atoms. The van der Waals surface area contributed by atoms with Crippen molar-refractivity contribution < 1.29 is 4.42 Å². The highest BCUT2D eigenvalue weighted by Crippen LogP contribution is 2.14. The van der Waals surface area contributed by atoms with Crippen LogP contribution in [0, 0.1) is 0 Å². The van der Waals surface area contributed by atoms with Crippen LogP contribution in [-0.4, -0.2) is 0 Å². The van der Waals surface area contributed by atoms with Crippen LogP contribution in [0.5, 0.6) is 0 Å². The van der Waals surface area contributed by atoms with Crippen molar-refractivity contribution in [3.8, 4) is 0 Å². The van der Waals surface area contributed by atoms with Crippen molar-refractivity contribution in [2.75, 3.05) is 0 Å². The van der Waals surface area contributed by atoms with E-state index in [1.807, 2.05) is 36.4 Å². The van der Waals surface area contributed by atoms with Crippen LogP contribution in [0.25, 0.3) is 5.70 Å². The molecule has 1 aromatic carbocycles. The molecular weight excluding hydrogens is 222 g/mol. The number of nitrogens with one attached hydrogen (secondary N) is 1. The van der Waals surface area contributed by atoms with Crippen LogP contribution in [0.15, 0.2) is 53.7 Å². The lowest BCUT2D eigenvalue weighted by molar-refractivity contribution is 0.501. The number of halogens is 1. The molecule has 0 saturated heterocycles. The summed E-state index contributed by atoms with van der Waals surface area (Å²) in [6.45, 7) is 4.59. The van der Waals surface area contributed by atoms with E-state index in [4.69, 9.17) is 16.0 Å². The van der Waals surface area contributed by atoms with Gasteiger partial charge in [-0.15, -0.1) is 0 Å². The highest BCUT2D eigenvalue weighted by molar-refractivity contribution is 6.30. The Labute approximate surface area is 99.5 Å². The van der Waals surface area contributed by atoms with Crippen LogP contribution in [-0.2, 0) is 6.54 Å². The summed E-state index contributed by atoms with van der Waals surface area (Å²) >= 11 is 5.81. The van der Waals surface area contributed by atoms with Gasteiger partial charge in [-0.05, 0) is 29.8 Å². The quantitative estimate of drug-likeness (QED) is 0.871. The van der Waals surface area contributed by atoms with Gasteiger partial charge >= 0.3 is 0 Å². The summed E-state index contributed by atoms with van der Waals surface area (Å²) in [5.74, 6) is 0.884. The van der Waals surface area contributed by atoms with Crippen LogP contribution < -0.4 is 5.32 Å². The third kappa shape index (κ3) is 2.67. The molecule has 0 aliphatic heterocycles. The van der Waals surface area contributed by atoms with E-state index in [2.05, 4.69) is 11.9 Å². The molecule has 0 amide bonds. The first-order chi connectivity index (χ1) is 7.75. The zero-order valence-corrected chi connectivity index (χ0v) is 9.50. The first kappa shape index (κ1) is 10.8. The average Bonchev–Trinajstić information content (AvgIpc) is 2.80. The van der Waals surface area contributed by atoms with Crippen molar-refractivity contribution in [2.24, 2.45) is 0 Å². The van der Waals surface area contributed by atoms with E-state index in [0.717, 1.165) is 22.0 Å². The molecule has 2 aromatic rings. The Morgan fingerprint density at radius 1 is 1.25 bits per heavy atom. The predicted octanol–water partition coefficient (Wildman–Crippen LogP) is 3.69. The Hall–Kier alpha value is -1.67. The molecule has 0 aliphatic carbocycles. The highest BCUT2D eigenvalue weighted by atomic mass is 35.5. The first-order valence-corrected chi connectivity index (χ1v) is 5.34. The number of furan rings is 1. The van der Waals surface area contributed by atoms with Crippen molar-refractivity contribution in [3.05, 3.63) is 65.6 Å². The van der Waals surface area contributed by atoms with Gasteiger partial charge in [-0.25, -0.2) is 0 Å². The van der Waals surface area contributed by atoms with Crippen molar-refractivity contribution in [1.29, 1.82) is 0 Å². The van der Waals surface area contributed by atoms with Gasteiger partial charge in [0.05, 0.1) is 12.8 Å². The Morgan fingerprint density at radius 2 is 2.00 bits per heavy atom. The minimum atomic E-state index is 0.633. The second kappa shape index (κ2) is 4.90. The maximum absolute atomic E-state index is 5.81. The number of hydrogen-bond donors (Lipinski definition) is 1. The zero-order chi connectivity index (χ0) is 11.4.